The van der Waals surface area contributed by atoms with Gasteiger partial charge in [0.05, 0.1) is 5.52 Å². The molecule has 20 heavy (non-hydrogen) atoms. The predicted molar refractivity (Wildman–Crippen MR) is 83.5 cm³/mol. The Morgan fingerprint density at radius 2 is 2.00 bits per heavy atom. The van der Waals surface area contributed by atoms with Crippen molar-refractivity contribution in [1.82, 2.24) is 9.97 Å². The Labute approximate surface area is 119 Å². The van der Waals surface area contributed by atoms with Gasteiger partial charge in [-0.15, -0.1) is 0 Å². The molecule has 0 bridgehead atoms. The van der Waals surface area contributed by atoms with E-state index in [2.05, 4.69) is 29.1 Å². The molecule has 4 nitrogen and oxygen atoms in total. The quantitative estimate of drug-likeness (QED) is 0.820. The highest BCUT2D eigenvalue weighted by Gasteiger charge is 2.24. The fourth-order valence-electron chi connectivity index (χ4n) is 3.06. The standard InChI is InChI=1S/C16H22N4/c1-10-3-5-13(7-11(10)2)20-16-14-8-12(17)4-6-15(14)18-9-19-16/h4,6,8-11,13H,3,5,7,17H2,1-2H3,(H,18,19,20). The SMILES string of the molecule is CC1CCC(Nc2ncnc3ccc(N)cc23)CC1C. The number of anilines is 2. The van der Waals surface area contributed by atoms with Crippen LogP contribution >= 0.6 is 0 Å². The number of benzene rings is 1. The maximum atomic E-state index is 5.88. The smallest absolute Gasteiger partial charge is 0.137 e. The predicted octanol–water partition coefficient (Wildman–Crippen LogP) is 3.45. The molecule has 0 spiro atoms. The molecule has 4 heteroatoms. The van der Waals surface area contributed by atoms with E-state index in [0.717, 1.165) is 34.2 Å². The van der Waals surface area contributed by atoms with E-state index in [0.29, 0.717) is 6.04 Å². The van der Waals surface area contributed by atoms with Crippen LogP contribution < -0.4 is 11.1 Å². The van der Waals surface area contributed by atoms with Crippen LogP contribution in [0.25, 0.3) is 10.9 Å². The largest absolute Gasteiger partial charge is 0.399 e. The molecule has 3 rings (SSSR count). The van der Waals surface area contributed by atoms with Gasteiger partial charge in [-0.3, -0.25) is 0 Å². The molecule has 1 fully saturated rings. The van der Waals surface area contributed by atoms with Crippen LogP contribution in [0, 0.1) is 11.8 Å². The molecule has 1 aromatic carbocycles. The zero-order chi connectivity index (χ0) is 14.1. The second-order valence-electron chi connectivity index (χ2n) is 6.11. The van der Waals surface area contributed by atoms with Crippen LogP contribution in [0.4, 0.5) is 11.5 Å². The molecule has 0 amide bonds. The maximum Gasteiger partial charge on any atom is 0.137 e. The Balaban J connectivity index is 1.86. The molecule has 1 heterocycles. The Morgan fingerprint density at radius 1 is 1.15 bits per heavy atom. The van der Waals surface area contributed by atoms with Gasteiger partial charge in [-0.05, 0) is 49.3 Å². The van der Waals surface area contributed by atoms with E-state index in [9.17, 15) is 0 Å². The summed E-state index contributed by atoms with van der Waals surface area (Å²) in [5.41, 5.74) is 7.57. The average molecular weight is 270 g/mol. The van der Waals surface area contributed by atoms with E-state index in [1.54, 1.807) is 6.33 Å². The van der Waals surface area contributed by atoms with Crippen molar-refractivity contribution in [2.24, 2.45) is 11.8 Å². The third-order valence-corrected chi connectivity index (χ3v) is 4.60. The number of hydrogen-bond donors (Lipinski definition) is 2. The first-order valence-electron chi connectivity index (χ1n) is 7.40. The molecule has 0 saturated heterocycles. The zero-order valence-electron chi connectivity index (χ0n) is 12.1. The number of nitrogens with zero attached hydrogens (tertiary/aromatic N) is 2. The van der Waals surface area contributed by atoms with Gasteiger partial charge in [-0.25, -0.2) is 9.97 Å². The van der Waals surface area contributed by atoms with Crippen molar-refractivity contribution in [2.75, 3.05) is 11.1 Å². The normalized spacial score (nSPS) is 26.6. The molecule has 106 valence electrons. The summed E-state index contributed by atoms with van der Waals surface area (Å²) in [6.45, 7) is 4.69. The fourth-order valence-corrected chi connectivity index (χ4v) is 3.06. The lowest BCUT2D eigenvalue weighted by Gasteiger charge is -2.32. The molecule has 1 saturated carbocycles. The number of nitrogens with two attached hydrogens (primary N) is 1. The molecule has 3 N–H and O–H groups in total. The van der Waals surface area contributed by atoms with Gasteiger partial charge < -0.3 is 11.1 Å². The number of aromatic nitrogens is 2. The van der Waals surface area contributed by atoms with Gasteiger partial charge in [0.25, 0.3) is 0 Å². The molecule has 0 aliphatic heterocycles. The number of hydrogen-bond acceptors (Lipinski definition) is 4. The monoisotopic (exact) mass is 270 g/mol. The summed E-state index contributed by atoms with van der Waals surface area (Å²) in [7, 11) is 0. The first-order valence-corrected chi connectivity index (χ1v) is 7.40. The van der Waals surface area contributed by atoms with Gasteiger partial charge in [-0.2, -0.15) is 0 Å². The van der Waals surface area contributed by atoms with Crippen LogP contribution in [0.5, 0.6) is 0 Å². The van der Waals surface area contributed by atoms with Crippen LogP contribution in [0.1, 0.15) is 33.1 Å². The summed E-state index contributed by atoms with van der Waals surface area (Å²) in [4.78, 5) is 8.70. The van der Waals surface area contributed by atoms with Gasteiger partial charge in [0.2, 0.25) is 0 Å². The van der Waals surface area contributed by atoms with Crippen molar-refractivity contribution in [2.45, 2.75) is 39.2 Å². The third-order valence-electron chi connectivity index (χ3n) is 4.60. The van der Waals surface area contributed by atoms with Crippen molar-refractivity contribution in [3.05, 3.63) is 24.5 Å². The highest BCUT2D eigenvalue weighted by atomic mass is 15.0. The summed E-state index contributed by atoms with van der Waals surface area (Å²) >= 11 is 0. The molecule has 1 aliphatic rings. The molecule has 3 unspecified atom stereocenters. The molecule has 1 aliphatic carbocycles. The van der Waals surface area contributed by atoms with E-state index < -0.39 is 0 Å². The van der Waals surface area contributed by atoms with Crippen LogP contribution in [0.3, 0.4) is 0 Å². The van der Waals surface area contributed by atoms with Gasteiger partial charge in [0, 0.05) is 17.1 Å². The lowest BCUT2D eigenvalue weighted by Crippen LogP contribution is -2.30. The second kappa shape index (κ2) is 5.27. The van der Waals surface area contributed by atoms with Crippen LogP contribution in [-0.2, 0) is 0 Å². The lowest BCUT2D eigenvalue weighted by molar-refractivity contribution is 0.260. The summed E-state index contributed by atoms with van der Waals surface area (Å²) in [5, 5.41) is 4.61. The molecule has 3 atom stereocenters. The van der Waals surface area contributed by atoms with Gasteiger partial charge >= 0.3 is 0 Å². The topological polar surface area (TPSA) is 63.8 Å². The molecule has 0 radical (unpaired) electrons. The van der Waals surface area contributed by atoms with Gasteiger partial charge in [-0.1, -0.05) is 13.8 Å². The van der Waals surface area contributed by atoms with Crippen LogP contribution in [-0.4, -0.2) is 16.0 Å². The second-order valence-corrected chi connectivity index (χ2v) is 6.11. The minimum Gasteiger partial charge on any atom is -0.399 e. The molecule has 2 aromatic rings. The van der Waals surface area contributed by atoms with Crippen molar-refractivity contribution in [3.63, 3.8) is 0 Å². The number of fused-ring (bicyclic) bond motifs is 1. The van der Waals surface area contributed by atoms with Crippen LogP contribution in [0.15, 0.2) is 24.5 Å². The zero-order valence-corrected chi connectivity index (χ0v) is 12.1. The molecular weight excluding hydrogens is 248 g/mol. The minimum atomic E-state index is 0.501. The summed E-state index contributed by atoms with van der Waals surface area (Å²) in [6.07, 6.45) is 5.31. The Morgan fingerprint density at radius 3 is 2.80 bits per heavy atom. The highest BCUT2D eigenvalue weighted by molar-refractivity contribution is 5.91. The van der Waals surface area contributed by atoms with E-state index >= 15 is 0 Å². The highest BCUT2D eigenvalue weighted by Crippen LogP contribution is 2.32. The summed E-state index contributed by atoms with van der Waals surface area (Å²) < 4.78 is 0. The van der Waals surface area contributed by atoms with Crippen molar-refractivity contribution >= 4 is 22.4 Å². The van der Waals surface area contributed by atoms with Crippen molar-refractivity contribution in [3.8, 4) is 0 Å². The van der Waals surface area contributed by atoms with Gasteiger partial charge in [0.1, 0.15) is 12.1 Å². The van der Waals surface area contributed by atoms with Crippen molar-refractivity contribution in [1.29, 1.82) is 0 Å². The van der Waals surface area contributed by atoms with E-state index in [-0.39, 0.29) is 0 Å². The van der Waals surface area contributed by atoms with Crippen molar-refractivity contribution < 1.29 is 0 Å². The average Bonchev–Trinajstić information content (AvgIpc) is 2.44. The Hall–Kier alpha value is -1.84. The molecule has 1 aromatic heterocycles. The summed E-state index contributed by atoms with van der Waals surface area (Å²) in [6, 6.07) is 6.28. The maximum absolute atomic E-state index is 5.88. The first-order chi connectivity index (χ1) is 9.63. The molecular formula is C16H22N4. The fraction of sp³-hybridized carbons (Fsp3) is 0.500. The summed E-state index contributed by atoms with van der Waals surface area (Å²) in [5.74, 6) is 2.50. The lowest BCUT2D eigenvalue weighted by atomic mass is 9.79. The van der Waals surface area contributed by atoms with Gasteiger partial charge in [0.15, 0.2) is 0 Å². The Kier molecular flexibility index (Phi) is 3.47. The number of nitrogens with one attached hydrogen (secondary N) is 1. The van der Waals surface area contributed by atoms with Crippen LogP contribution in [0.2, 0.25) is 0 Å². The Bertz CT molecular complexity index is 610. The van der Waals surface area contributed by atoms with E-state index in [1.165, 1.54) is 19.3 Å². The first kappa shape index (κ1) is 13.2. The number of nitrogen functional groups attached to an aromatic ring is 1. The van der Waals surface area contributed by atoms with E-state index in [1.807, 2.05) is 18.2 Å². The minimum absolute atomic E-state index is 0.501. The number of rotatable bonds is 2. The van der Waals surface area contributed by atoms with E-state index in [4.69, 9.17) is 5.73 Å². The third kappa shape index (κ3) is 2.55.